The van der Waals surface area contributed by atoms with Gasteiger partial charge in [-0.2, -0.15) is 0 Å². The van der Waals surface area contributed by atoms with Gasteiger partial charge in [0.1, 0.15) is 0 Å². The maximum absolute atomic E-state index is 12.1. The number of halogens is 1. The van der Waals surface area contributed by atoms with Crippen LogP contribution in [0.25, 0.3) is 0 Å². The van der Waals surface area contributed by atoms with Crippen molar-refractivity contribution in [2.75, 3.05) is 0 Å². The van der Waals surface area contributed by atoms with Gasteiger partial charge in [-0.25, -0.2) is 0 Å². The molecule has 0 aromatic heterocycles. The topological polar surface area (TPSA) is 17.1 Å². The molecule has 0 amide bonds. The summed E-state index contributed by atoms with van der Waals surface area (Å²) in [5, 5.41) is 1.13. The fraction of sp³-hybridized carbons (Fsp3) is 0.462. The Kier molecular flexibility index (Phi) is 3.60. The number of rotatable bonds is 4. The summed E-state index contributed by atoms with van der Waals surface area (Å²) in [5.74, 6) is 0.524. The summed E-state index contributed by atoms with van der Waals surface area (Å²) >= 11 is 7.69. The van der Waals surface area contributed by atoms with Gasteiger partial charge in [-0.1, -0.05) is 25.4 Å². The smallest absolute Gasteiger partial charge is 0.167 e. The molecule has 1 aliphatic rings. The Labute approximate surface area is 106 Å². The zero-order valence-electron chi connectivity index (χ0n) is 9.50. The zero-order chi connectivity index (χ0) is 11.7. The third-order valence-electron chi connectivity index (χ3n) is 2.52. The van der Waals surface area contributed by atoms with E-state index in [9.17, 15) is 4.79 Å². The van der Waals surface area contributed by atoms with Crippen molar-refractivity contribution in [3.8, 4) is 0 Å². The first kappa shape index (κ1) is 12.0. The molecule has 1 nitrogen and oxygen atoms in total. The third-order valence-corrected chi connectivity index (χ3v) is 3.83. The number of thioether (sulfide) groups is 1. The first-order chi connectivity index (χ1) is 7.58. The molecule has 0 atom stereocenters. The minimum Gasteiger partial charge on any atom is -0.294 e. The number of hydrogen-bond donors (Lipinski definition) is 0. The molecule has 0 bridgehead atoms. The van der Waals surface area contributed by atoms with E-state index >= 15 is 0 Å². The van der Waals surface area contributed by atoms with E-state index in [-0.39, 0.29) is 11.7 Å². The number of Topliss-reactive ketones (excluding diaryl/α,β-unsaturated/α-hetero) is 1. The van der Waals surface area contributed by atoms with E-state index in [4.69, 9.17) is 11.6 Å². The maximum Gasteiger partial charge on any atom is 0.167 e. The molecule has 2 rings (SSSR count). The van der Waals surface area contributed by atoms with Crippen molar-refractivity contribution in [1.29, 1.82) is 0 Å². The van der Waals surface area contributed by atoms with Gasteiger partial charge in [-0.05, 0) is 31.0 Å². The van der Waals surface area contributed by atoms with Crippen LogP contribution in [0.3, 0.4) is 0 Å². The summed E-state index contributed by atoms with van der Waals surface area (Å²) in [7, 11) is 0. The van der Waals surface area contributed by atoms with Crippen LogP contribution in [0, 0.1) is 5.92 Å². The van der Waals surface area contributed by atoms with E-state index in [1.54, 1.807) is 11.8 Å². The molecule has 0 saturated heterocycles. The van der Waals surface area contributed by atoms with Crippen LogP contribution in [-0.4, -0.2) is 11.0 Å². The Balaban J connectivity index is 2.31. The van der Waals surface area contributed by atoms with Gasteiger partial charge in [0.2, 0.25) is 0 Å². The minimum absolute atomic E-state index is 0.255. The van der Waals surface area contributed by atoms with Crippen molar-refractivity contribution in [2.45, 2.75) is 36.8 Å². The van der Waals surface area contributed by atoms with Gasteiger partial charge in [0.05, 0.1) is 0 Å². The predicted molar refractivity (Wildman–Crippen MR) is 69.5 cm³/mol. The van der Waals surface area contributed by atoms with E-state index in [2.05, 4.69) is 13.8 Å². The molecule has 86 valence electrons. The molecule has 16 heavy (non-hydrogen) atoms. The summed E-state index contributed by atoms with van der Waals surface area (Å²) in [5.41, 5.74) is 0.814. The average molecular weight is 255 g/mol. The van der Waals surface area contributed by atoms with Crippen LogP contribution >= 0.6 is 23.4 Å². The lowest BCUT2D eigenvalue weighted by Gasteiger charge is -2.10. The Morgan fingerprint density at radius 1 is 1.44 bits per heavy atom. The van der Waals surface area contributed by atoms with Crippen LogP contribution in [0.1, 0.15) is 37.0 Å². The van der Waals surface area contributed by atoms with Crippen molar-refractivity contribution in [1.82, 2.24) is 0 Å². The van der Waals surface area contributed by atoms with Gasteiger partial charge in [-0.15, -0.1) is 11.8 Å². The molecule has 0 N–H and O–H groups in total. The molecule has 1 aromatic carbocycles. The van der Waals surface area contributed by atoms with E-state index in [0.717, 1.165) is 23.3 Å². The summed E-state index contributed by atoms with van der Waals surface area (Å²) < 4.78 is 0. The van der Waals surface area contributed by atoms with E-state index < -0.39 is 0 Å². The number of ketones is 1. The zero-order valence-corrected chi connectivity index (χ0v) is 11.1. The van der Waals surface area contributed by atoms with Crippen LogP contribution < -0.4 is 0 Å². The second-order valence-corrected chi connectivity index (χ2v) is 6.50. The Bertz CT molecular complexity index is 410. The first-order valence-corrected chi connectivity index (χ1v) is 6.84. The Morgan fingerprint density at radius 3 is 2.69 bits per heavy atom. The van der Waals surface area contributed by atoms with Crippen molar-refractivity contribution in [3.05, 3.63) is 28.8 Å². The molecule has 1 aromatic rings. The van der Waals surface area contributed by atoms with Crippen LogP contribution in [-0.2, 0) is 0 Å². The van der Waals surface area contributed by atoms with E-state index in [1.165, 1.54) is 0 Å². The summed E-state index contributed by atoms with van der Waals surface area (Å²) in [4.78, 5) is 13.2. The molecule has 1 saturated carbocycles. The van der Waals surface area contributed by atoms with Crippen LogP contribution in [0.4, 0.5) is 0 Å². The van der Waals surface area contributed by atoms with Gasteiger partial charge >= 0.3 is 0 Å². The largest absolute Gasteiger partial charge is 0.294 e. The highest BCUT2D eigenvalue weighted by Crippen LogP contribution is 2.37. The molecule has 0 spiro atoms. The number of carbonyl (C=O) groups excluding carboxylic acids is 1. The summed E-state index contributed by atoms with van der Waals surface area (Å²) in [6.07, 6.45) is 2.08. The van der Waals surface area contributed by atoms with Gasteiger partial charge in [0.25, 0.3) is 0 Å². The van der Waals surface area contributed by atoms with Gasteiger partial charge in [0, 0.05) is 26.6 Å². The molecular formula is C13H15ClOS. The molecule has 0 aliphatic heterocycles. The van der Waals surface area contributed by atoms with Crippen molar-refractivity contribution in [3.63, 3.8) is 0 Å². The Hall–Kier alpha value is -0.470. The van der Waals surface area contributed by atoms with Crippen molar-refractivity contribution >= 4 is 29.1 Å². The maximum atomic E-state index is 12.1. The molecular weight excluding hydrogens is 240 g/mol. The van der Waals surface area contributed by atoms with Crippen LogP contribution in [0.2, 0.25) is 5.02 Å². The quantitative estimate of drug-likeness (QED) is 0.584. The number of benzene rings is 1. The standard InChI is InChI=1S/C13H15ClOS/c1-8(2)16-12-6-5-10(14)7-11(12)13(15)9-3-4-9/h5-9H,3-4H2,1-2H3. The lowest BCUT2D eigenvalue weighted by atomic mass is 10.1. The van der Waals surface area contributed by atoms with Crippen LogP contribution in [0.5, 0.6) is 0 Å². The minimum atomic E-state index is 0.255. The molecule has 0 unspecified atom stereocenters. The summed E-state index contributed by atoms with van der Waals surface area (Å²) in [6.45, 7) is 4.26. The van der Waals surface area contributed by atoms with Gasteiger partial charge in [-0.3, -0.25) is 4.79 Å². The molecule has 1 aliphatic carbocycles. The number of hydrogen-bond acceptors (Lipinski definition) is 2. The normalized spacial score (nSPS) is 15.5. The van der Waals surface area contributed by atoms with Crippen LogP contribution in [0.15, 0.2) is 23.1 Å². The van der Waals surface area contributed by atoms with Crippen molar-refractivity contribution < 1.29 is 4.79 Å². The fourth-order valence-electron chi connectivity index (χ4n) is 1.62. The van der Waals surface area contributed by atoms with Crippen molar-refractivity contribution in [2.24, 2.45) is 5.92 Å². The fourth-order valence-corrected chi connectivity index (χ4v) is 2.73. The lowest BCUT2D eigenvalue weighted by Crippen LogP contribution is -2.04. The second kappa shape index (κ2) is 4.80. The Morgan fingerprint density at radius 2 is 2.12 bits per heavy atom. The van der Waals surface area contributed by atoms with Gasteiger partial charge < -0.3 is 0 Å². The second-order valence-electron chi connectivity index (χ2n) is 4.45. The van der Waals surface area contributed by atoms with E-state index in [0.29, 0.717) is 10.3 Å². The highest BCUT2D eigenvalue weighted by atomic mass is 35.5. The third kappa shape index (κ3) is 2.80. The average Bonchev–Trinajstić information content (AvgIpc) is 3.02. The monoisotopic (exact) mass is 254 g/mol. The highest BCUT2D eigenvalue weighted by Gasteiger charge is 2.31. The SMILES string of the molecule is CC(C)Sc1ccc(Cl)cc1C(=O)C1CC1. The predicted octanol–water partition coefficient (Wildman–Crippen LogP) is 4.43. The highest BCUT2D eigenvalue weighted by molar-refractivity contribution is 8.00. The van der Waals surface area contributed by atoms with Gasteiger partial charge in [0.15, 0.2) is 5.78 Å². The molecule has 0 radical (unpaired) electrons. The first-order valence-electron chi connectivity index (χ1n) is 5.58. The van der Waals surface area contributed by atoms with E-state index in [1.807, 2.05) is 18.2 Å². The molecule has 3 heteroatoms. The summed E-state index contributed by atoms with van der Waals surface area (Å²) in [6, 6.07) is 5.63. The molecule has 1 fully saturated rings. The number of carbonyl (C=O) groups is 1. The lowest BCUT2D eigenvalue weighted by molar-refractivity contribution is 0.0965. The molecule has 0 heterocycles.